The summed E-state index contributed by atoms with van der Waals surface area (Å²) in [6, 6.07) is 11.9. The van der Waals surface area contributed by atoms with Gasteiger partial charge >= 0.3 is 6.18 Å². The summed E-state index contributed by atoms with van der Waals surface area (Å²) in [5.41, 5.74) is 1.85. The molecule has 0 bridgehead atoms. The summed E-state index contributed by atoms with van der Waals surface area (Å²) < 4.78 is 41.8. The van der Waals surface area contributed by atoms with Crippen LogP contribution in [0.5, 0.6) is 0 Å². The number of alkyl halides is 3. The molecule has 1 saturated heterocycles. The molecule has 0 radical (unpaired) electrons. The Hall–Kier alpha value is -4.13. The highest BCUT2D eigenvalue weighted by Gasteiger charge is 2.38. The average Bonchev–Trinajstić information content (AvgIpc) is 2.99. The van der Waals surface area contributed by atoms with Crippen LogP contribution in [0.25, 0.3) is 11.3 Å². The summed E-state index contributed by atoms with van der Waals surface area (Å²) >= 11 is 0. The Morgan fingerprint density at radius 3 is 2.50 bits per heavy atom. The number of nitrogens with zero attached hydrogens (tertiary/aromatic N) is 6. The van der Waals surface area contributed by atoms with Gasteiger partial charge in [0.05, 0.1) is 23.0 Å². The van der Waals surface area contributed by atoms with Crippen LogP contribution in [-0.2, 0) is 6.18 Å². The zero-order valence-corrected chi connectivity index (χ0v) is 23.8. The number of aryl methyl sites for hydroxylation is 1. The summed E-state index contributed by atoms with van der Waals surface area (Å²) in [5.74, 6) is -0.428. The number of amides is 1. The second kappa shape index (κ2) is 13.2. The monoisotopic (exact) mass is 598 g/mol. The van der Waals surface area contributed by atoms with Gasteiger partial charge in [0.15, 0.2) is 0 Å². The number of aromatic nitrogens is 4. The summed E-state index contributed by atoms with van der Waals surface area (Å²) in [6.07, 6.45) is 1.13. The highest BCUT2D eigenvalue weighted by molar-refractivity contribution is 6.07. The van der Waals surface area contributed by atoms with E-state index in [1.54, 1.807) is 36.8 Å². The van der Waals surface area contributed by atoms with Crippen molar-refractivity contribution in [1.82, 2.24) is 30.2 Å². The van der Waals surface area contributed by atoms with Crippen LogP contribution in [0.4, 0.5) is 30.5 Å². The largest absolute Gasteiger partial charge is 0.417 e. The van der Waals surface area contributed by atoms with Gasteiger partial charge in [0, 0.05) is 61.7 Å². The lowest BCUT2D eigenvalue weighted by atomic mass is 10.0. The number of anilines is 3. The highest BCUT2D eigenvalue weighted by atomic mass is 35.5. The standard InChI is InChI=1S/C29H29F3N8O.ClH/c1-19-7-8-22(15-26(19)38-28-36-10-9-25(37-28)21-16-34-18-35-17-21)40(20(2)39-13-11-33-12-14-39)27(41)23-5-3-4-6-24(23)29(30,31)32;/h3-10,15-18,20,33H,11-14H2,1-2H3,(H,36,37,38);1H. The van der Waals surface area contributed by atoms with E-state index in [9.17, 15) is 18.0 Å². The van der Waals surface area contributed by atoms with Crippen molar-refractivity contribution in [3.63, 3.8) is 0 Å². The topological polar surface area (TPSA) is 99.2 Å². The molecule has 0 aliphatic carbocycles. The zero-order chi connectivity index (χ0) is 29.0. The predicted octanol–water partition coefficient (Wildman–Crippen LogP) is 5.32. The predicted molar refractivity (Wildman–Crippen MR) is 157 cm³/mol. The Balaban J connectivity index is 0.00000405. The van der Waals surface area contributed by atoms with Gasteiger partial charge in [-0.3, -0.25) is 14.6 Å². The second-order valence-electron chi connectivity index (χ2n) is 9.65. The van der Waals surface area contributed by atoms with Gasteiger partial charge < -0.3 is 10.6 Å². The molecule has 1 unspecified atom stereocenters. The van der Waals surface area contributed by atoms with Crippen molar-refractivity contribution >= 4 is 35.6 Å². The normalized spacial score (nSPS) is 14.5. The minimum atomic E-state index is -4.68. The van der Waals surface area contributed by atoms with E-state index in [2.05, 4.69) is 35.5 Å². The lowest BCUT2D eigenvalue weighted by molar-refractivity contribution is -0.137. The molecule has 3 heterocycles. The van der Waals surface area contributed by atoms with Crippen molar-refractivity contribution in [1.29, 1.82) is 0 Å². The highest BCUT2D eigenvalue weighted by Crippen LogP contribution is 2.35. The first-order valence-electron chi connectivity index (χ1n) is 13.1. The van der Waals surface area contributed by atoms with E-state index in [1.807, 2.05) is 19.9 Å². The summed E-state index contributed by atoms with van der Waals surface area (Å²) in [6.45, 7) is 6.44. The molecule has 2 N–H and O–H groups in total. The third-order valence-corrected chi connectivity index (χ3v) is 6.99. The van der Waals surface area contributed by atoms with E-state index in [0.29, 0.717) is 54.8 Å². The summed E-state index contributed by atoms with van der Waals surface area (Å²) in [7, 11) is 0. The lowest BCUT2D eigenvalue weighted by Crippen LogP contribution is -2.55. The molecule has 2 aromatic heterocycles. The zero-order valence-electron chi connectivity index (χ0n) is 23.0. The molecule has 220 valence electrons. The fourth-order valence-corrected chi connectivity index (χ4v) is 4.79. The Morgan fingerprint density at radius 1 is 1.07 bits per heavy atom. The number of halogens is 4. The van der Waals surface area contributed by atoms with Crippen LogP contribution in [0.2, 0.25) is 0 Å². The molecule has 1 aliphatic heterocycles. The van der Waals surface area contributed by atoms with Crippen LogP contribution in [0.1, 0.15) is 28.4 Å². The molecule has 1 aliphatic rings. The summed E-state index contributed by atoms with van der Waals surface area (Å²) in [4.78, 5) is 34.4. The molecule has 1 amide bonds. The Morgan fingerprint density at radius 2 is 1.79 bits per heavy atom. The third-order valence-electron chi connectivity index (χ3n) is 6.99. The number of hydrogen-bond donors (Lipinski definition) is 2. The molecule has 9 nitrogen and oxygen atoms in total. The molecular weight excluding hydrogens is 569 g/mol. The average molecular weight is 599 g/mol. The first kappa shape index (κ1) is 30.8. The number of nitrogens with one attached hydrogen (secondary N) is 2. The molecule has 13 heteroatoms. The Kier molecular flexibility index (Phi) is 9.71. The third kappa shape index (κ3) is 6.84. The van der Waals surface area contributed by atoms with Crippen LogP contribution < -0.4 is 15.5 Å². The molecule has 42 heavy (non-hydrogen) atoms. The molecule has 1 atom stereocenters. The molecule has 1 fully saturated rings. The van der Waals surface area contributed by atoms with E-state index in [4.69, 9.17) is 0 Å². The van der Waals surface area contributed by atoms with Gasteiger partial charge in [-0.25, -0.2) is 19.9 Å². The molecule has 2 aromatic carbocycles. The number of rotatable bonds is 7. The van der Waals surface area contributed by atoms with Crippen LogP contribution in [0.3, 0.4) is 0 Å². The Labute approximate surface area is 247 Å². The van der Waals surface area contributed by atoms with Crippen LogP contribution >= 0.6 is 12.4 Å². The van der Waals surface area contributed by atoms with Gasteiger partial charge in [0.25, 0.3) is 5.91 Å². The first-order chi connectivity index (χ1) is 19.7. The van der Waals surface area contributed by atoms with E-state index in [1.165, 1.54) is 29.4 Å². The first-order valence-corrected chi connectivity index (χ1v) is 13.1. The SMILES string of the molecule is Cc1ccc(N(C(=O)c2ccccc2C(F)(F)F)C(C)N2CCNCC2)cc1Nc1nccc(-c2cncnc2)n1.Cl. The van der Waals surface area contributed by atoms with Gasteiger partial charge in [-0.1, -0.05) is 18.2 Å². The van der Waals surface area contributed by atoms with Crippen molar-refractivity contribution in [3.05, 3.63) is 90.1 Å². The lowest BCUT2D eigenvalue weighted by Gasteiger charge is -2.40. The number of carbonyl (C=O) groups excluding carboxylic acids is 1. The molecular formula is C29H30ClF3N8O. The van der Waals surface area contributed by atoms with Crippen LogP contribution in [-0.4, -0.2) is 63.1 Å². The quantitative estimate of drug-likeness (QED) is 0.295. The van der Waals surface area contributed by atoms with Crippen LogP contribution in [0, 0.1) is 6.92 Å². The van der Waals surface area contributed by atoms with Gasteiger partial charge in [-0.15, -0.1) is 12.4 Å². The van der Waals surface area contributed by atoms with Gasteiger partial charge in [0.2, 0.25) is 5.95 Å². The molecule has 0 spiro atoms. The van der Waals surface area contributed by atoms with E-state index < -0.39 is 29.4 Å². The van der Waals surface area contributed by atoms with E-state index in [0.717, 1.165) is 11.6 Å². The Bertz CT molecular complexity index is 1520. The minimum absolute atomic E-state index is 0. The number of hydrogen-bond acceptors (Lipinski definition) is 8. The maximum atomic E-state index is 14.0. The van der Waals surface area contributed by atoms with E-state index in [-0.39, 0.29) is 12.4 Å². The molecule has 4 aromatic rings. The maximum Gasteiger partial charge on any atom is 0.417 e. The maximum absolute atomic E-state index is 14.0. The van der Waals surface area contributed by atoms with Crippen molar-refractivity contribution in [2.75, 3.05) is 36.4 Å². The number of benzene rings is 2. The fourth-order valence-electron chi connectivity index (χ4n) is 4.79. The van der Waals surface area contributed by atoms with Crippen molar-refractivity contribution in [3.8, 4) is 11.3 Å². The number of piperazine rings is 1. The van der Waals surface area contributed by atoms with Crippen LogP contribution in [0.15, 0.2) is 73.4 Å². The van der Waals surface area contributed by atoms with Crippen molar-refractivity contribution in [2.24, 2.45) is 0 Å². The molecule has 5 rings (SSSR count). The number of carbonyl (C=O) groups is 1. The van der Waals surface area contributed by atoms with Crippen molar-refractivity contribution < 1.29 is 18.0 Å². The van der Waals surface area contributed by atoms with Gasteiger partial charge in [-0.05, 0) is 49.7 Å². The van der Waals surface area contributed by atoms with Gasteiger partial charge in [0.1, 0.15) is 6.33 Å². The van der Waals surface area contributed by atoms with Crippen molar-refractivity contribution in [2.45, 2.75) is 26.2 Å². The summed E-state index contributed by atoms with van der Waals surface area (Å²) in [5, 5.41) is 6.48. The fraction of sp³-hybridized carbons (Fsp3) is 0.276. The smallest absolute Gasteiger partial charge is 0.324 e. The van der Waals surface area contributed by atoms with E-state index >= 15 is 0 Å². The minimum Gasteiger partial charge on any atom is -0.324 e. The second-order valence-corrected chi connectivity index (χ2v) is 9.65. The molecule has 0 saturated carbocycles. The van der Waals surface area contributed by atoms with Gasteiger partial charge in [-0.2, -0.15) is 13.2 Å².